The number of nitrogens with one attached hydrogen (secondary N) is 2. The van der Waals surface area contributed by atoms with Crippen molar-refractivity contribution in [1.82, 2.24) is 20.1 Å². The van der Waals surface area contributed by atoms with E-state index in [1.54, 1.807) is 25.1 Å². The Balaban J connectivity index is 1.42. The van der Waals surface area contributed by atoms with Crippen LogP contribution in [-0.4, -0.2) is 67.8 Å². The van der Waals surface area contributed by atoms with Crippen molar-refractivity contribution in [3.63, 3.8) is 0 Å². The van der Waals surface area contributed by atoms with Gasteiger partial charge in [-0.05, 0) is 49.6 Å². The van der Waals surface area contributed by atoms with E-state index in [-0.39, 0.29) is 11.8 Å². The van der Waals surface area contributed by atoms with Gasteiger partial charge in [0.05, 0.1) is 6.54 Å². The van der Waals surface area contributed by atoms with Crippen LogP contribution >= 0.6 is 0 Å². The first kappa shape index (κ1) is 19.6. The van der Waals surface area contributed by atoms with E-state index in [1.165, 1.54) is 12.1 Å². The van der Waals surface area contributed by atoms with Gasteiger partial charge in [0.15, 0.2) is 0 Å². The zero-order valence-electron chi connectivity index (χ0n) is 16.1. The van der Waals surface area contributed by atoms with Gasteiger partial charge in [0.1, 0.15) is 5.82 Å². The van der Waals surface area contributed by atoms with Gasteiger partial charge in [0, 0.05) is 57.0 Å². The number of methoxy groups -OCH3 is 1. The van der Waals surface area contributed by atoms with Crippen LogP contribution < -0.4 is 5.32 Å². The maximum atomic E-state index is 13.3. The summed E-state index contributed by atoms with van der Waals surface area (Å²) < 4.78 is 18.4. The molecule has 1 fully saturated rings. The van der Waals surface area contributed by atoms with Crippen molar-refractivity contribution >= 4 is 16.9 Å². The number of hydrogen-bond acceptors (Lipinski definition) is 3. The number of fused-ring (bicyclic) bond motifs is 1. The number of ether oxygens (including phenoxy) is 1. The molecule has 0 radical (unpaired) electrons. The standard InChI is InChI=1S/C20H29FN4O2/c1-24(14-18-11-16-10-17(21)4-5-19(16)23-18)20(26)22-12-15-6-8-25(13-15)7-3-9-27-2/h4-5,10-11,15,23H,3,6-9,12-14H2,1-2H3,(H,22,26)/t15-/m0/s1. The fourth-order valence-corrected chi connectivity index (χ4v) is 3.66. The van der Waals surface area contributed by atoms with Gasteiger partial charge in [0.25, 0.3) is 0 Å². The quantitative estimate of drug-likeness (QED) is 0.697. The first-order chi connectivity index (χ1) is 13.0. The molecule has 1 aliphatic heterocycles. The van der Waals surface area contributed by atoms with Gasteiger partial charge < -0.3 is 24.8 Å². The molecule has 2 N–H and O–H groups in total. The normalized spacial score (nSPS) is 17.5. The second kappa shape index (κ2) is 9.19. The van der Waals surface area contributed by atoms with Crippen LogP contribution in [0.25, 0.3) is 10.9 Å². The number of hydrogen-bond donors (Lipinski definition) is 2. The van der Waals surface area contributed by atoms with Crippen molar-refractivity contribution < 1.29 is 13.9 Å². The van der Waals surface area contributed by atoms with Crippen molar-refractivity contribution in [1.29, 1.82) is 0 Å². The predicted octanol–water partition coefficient (Wildman–Crippen LogP) is 2.81. The van der Waals surface area contributed by atoms with Gasteiger partial charge in [-0.2, -0.15) is 0 Å². The molecule has 2 aromatic rings. The van der Waals surface area contributed by atoms with Crippen LogP contribution in [0.15, 0.2) is 24.3 Å². The van der Waals surface area contributed by atoms with E-state index in [1.807, 2.05) is 6.07 Å². The van der Waals surface area contributed by atoms with Gasteiger partial charge in [0.2, 0.25) is 0 Å². The van der Waals surface area contributed by atoms with Crippen LogP contribution in [-0.2, 0) is 11.3 Å². The summed E-state index contributed by atoms with van der Waals surface area (Å²) in [6, 6.07) is 6.44. The molecule has 0 aliphatic carbocycles. The number of nitrogens with zero attached hydrogens (tertiary/aromatic N) is 2. The number of carbonyl (C=O) groups excluding carboxylic acids is 1. The number of halogens is 1. The molecule has 0 spiro atoms. The highest BCUT2D eigenvalue weighted by molar-refractivity contribution is 5.80. The highest BCUT2D eigenvalue weighted by atomic mass is 19.1. The molecular weight excluding hydrogens is 347 g/mol. The Morgan fingerprint density at radius 2 is 2.30 bits per heavy atom. The minimum absolute atomic E-state index is 0.0855. The van der Waals surface area contributed by atoms with Crippen LogP contribution in [0.1, 0.15) is 18.5 Å². The molecule has 27 heavy (non-hydrogen) atoms. The third-order valence-electron chi connectivity index (χ3n) is 5.13. The van der Waals surface area contributed by atoms with Gasteiger partial charge in [-0.15, -0.1) is 0 Å². The molecule has 2 heterocycles. The highest BCUT2D eigenvalue weighted by Gasteiger charge is 2.23. The maximum absolute atomic E-state index is 13.3. The summed E-state index contributed by atoms with van der Waals surface area (Å²) in [6.07, 6.45) is 2.16. The van der Waals surface area contributed by atoms with Crippen LogP contribution in [0.5, 0.6) is 0 Å². The summed E-state index contributed by atoms with van der Waals surface area (Å²) >= 11 is 0. The van der Waals surface area contributed by atoms with Crippen molar-refractivity contribution in [3.05, 3.63) is 35.8 Å². The molecule has 1 aromatic heterocycles. The van der Waals surface area contributed by atoms with Crippen LogP contribution in [0.3, 0.4) is 0 Å². The number of H-pyrrole nitrogens is 1. The smallest absolute Gasteiger partial charge is 0.317 e. The second-order valence-electron chi connectivity index (χ2n) is 7.37. The largest absolute Gasteiger partial charge is 0.385 e. The molecule has 3 rings (SSSR count). The Morgan fingerprint density at radius 1 is 1.44 bits per heavy atom. The molecule has 2 amide bonds. The monoisotopic (exact) mass is 376 g/mol. The Bertz CT molecular complexity index is 764. The highest BCUT2D eigenvalue weighted by Crippen LogP contribution is 2.18. The summed E-state index contributed by atoms with van der Waals surface area (Å²) in [4.78, 5) is 19.7. The average Bonchev–Trinajstić information content (AvgIpc) is 3.25. The third kappa shape index (κ3) is 5.43. The fourth-order valence-electron chi connectivity index (χ4n) is 3.66. The maximum Gasteiger partial charge on any atom is 0.317 e. The van der Waals surface area contributed by atoms with Gasteiger partial charge in [-0.25, -0.2) is 9.18 Å². The lowest BCUT2D eigenvalue weighted by Crippen LogP contribution is -2.39. The zero-order valence-corrected chi connectivity index (χ0v) is 16.1. The Labute approximate surface area is 159 Å². The summed E-state index contributed by atoms with van der Waals surface area (Å²) in [5, 5.41) is 3.85. The number of urea groups is 1. The minimum Gasteiger partial charge on any atom is -0.385 e. The van der Waals surface area contributed by atoms with Crippen LogP contribution in [0.4, 0.5) is 9.18 Å². The number of aromatic nitrogens is 1. The van der Waals surface area contributed by atoms with Crippen molar-refractivity contribution in [2.24, 2.45) is 5.92 Å². The Kier molecular flexibility index (Phi) is 6.68. The summed E-state index contributed by atoms with van der Waals surface area (Å²) in [7, 11) is 3.50. The molecule has 1 aliphatic rings. The number of aromatic amines is 1. The minimum atomic E-state index is -0.257. The first-order valence-corrected chi connectivity index (χ1v) is 9.52. The van der Waals surface area contributed by atoms with Gasteiger partial charge in [-0.3, -0.25) is 0 Å². The Morgan fingerprint density at radius 3 is 3.11 bits per heavy atom. The van der Waals surface area contributed by atoms with E-state index in [0.29, 0.717) is 19.0 Å². The lowest BCUT2D eigenvalue weighted by atomic mass is 10.1. The lowest BCUT2D eigenvalue weighted by molar-refractivity contribution is 0.178. The molecular formula is C20H29FN4O2. The van der Waals surface area contributed by atoms with E-state index >= 15 is 0 Å². The first-order valence-electron chi connectivity index (χ1n) is 9.52. The van der Waals surface area contributed by atoms with E-state index in [4.69, 9.17) is 4.74 Å². The molecule has 148 valence electrons. The van der Waals surface area contributed by atoms with Gasteiger partial charge >= 0.3 is 6.03 Å². The van der Waals surface area contributed by atoms with Crippen molar-refractivity contribution in [2.45, 2.75) is 19.4 Å². The van der Waals surface area contributed by atoms with E-state index < -0.39 is 0 Å². The number of carbonyl (C=O) groups is 1. The molecule has 6 nitrogen and oxygen atoms in total. The van der Waals surface area contributed by atoms with Crippen LogP contribution in [0, 0.1) is 11.7 Å². The summed E-state index contributed by atoms with van der Waals surface area (Å²) in [5.74, 6) is 0.243. The second-order valence-corrected chi connectivity index (χ2v) is 7.37. The molecule has 1 saturated heterocycles. The van der Waals surface area contributed by atoms with Crippen molar-refractivity contribution in [3.8, 4) is 0 Å². The molecule has 0 saturated carbocycles. The van der Waals surface area contributed by atoms with Crippen LogP contribution in [0.2, 0.25) is 0 Å². The topological polar surface area (TPSA) is 60.6 Å². The molecule has 0 unspecified atom stereocenters. The fraction of sp³-hybridized carbons (Fsp3) is 0.550. The molecule has 1 aromatic carbocycles. The molecule has 7 heteroatoms. The van der Waals surface area contributed by atoms with Crippen molar-refractivity contribution in [2.75, 3.05) is 46.9 Å². The number of benzene rings is 1. The number of rotatable bonds is 8. The zero-order chi connectivity index (χ0) is 19.2. The van der Waals surface area contributed by atoms with E-state index in [9.17, 15) is 9.18 Å². The third-order valence-corrected chi connectivity index (χ3v) is 5.13. The number of likely N-dealkylation sites (tertiary alicyclic amines) is 1. The average molecular weight is 376 g/mol. The van der Waals surface area contributed by atoms with Gasteiger partial charge in [-0.1, -0.05) is 0 Å². The predicted molar refractivity (Wildman–Crippen MR) is 104 cm³/mol. The SMILES string of the molecule is COCCCN1CC[C@@H](CNC(=O)N(C)Cc2cc3cc(F)ccc3[nH]2)C1. The molecule has 1 atom stereocenters. The summed E-state index contributed by atoms with van der Waals surface area (Å²) in [5.41, 5.74) is 1.76. The van der Waals surface area contributed by atoms with E-state index in [0.717, 1.165) is 55.7 Å². The Hall–Kier alpha value is -2.12. The molecule has 0 bridgehead atoms. The lowest BCUT2D eigenvalue weighted by Gasteiger charge is -2.19. The summed E-state index contributed by atoms with van der Waals surface area (Å²) in [6.45, 7) is 5.12. The van der Waals surface area contributed by atoms with E-state index in [2.05, 4.69) is 15.2 Å². The number of amides is 2.